The molecule has 14 rings (SSSR count). The normalized spacial score (nSPS) is 21.0. The van der Waals surface area contributed by atoms with E-state index >= 15 is 0 Å². The molecule has 328 valence electrons. The van der Waals surface area contributed by atoms with Crippen molar-refractivity contribution in [2.75, 3.05) is 0 Å². The Hall–Kier alpha value is -8.96. The fourth-order valence-corrected chi connectivity index (χ4v) is 12.4. The summed E-state index contributed by atoms with van der Waals surface area (Å²) in [4.78, 5) is 0. The van der Waals surface area contributed by atoms with Crippen molar-refractivity contribution in [1.82, 2.24) is 13.7 Å². The van der Waals surface area contributed by atoms with E-state index in [1.807, 2.05) is 0 Å². The van der Waals surface area contributed by atoms with E-state index in [4.69, 9.17) is 24.7 Å². The molecular formula is C66H45N3Si. The average Bonchev–Trinajstić information content (AvgIpc) is 1.65. The van der Waals surface area contributed by atoms with Crippen molar-refractivity contribution in [2.24, 2.45) is 0 Å². The number of benzene rings is 11. The molecule has 0 unspecified atom stereocenters. The molecule has 0 aliphatic heterocycles. The third kappa shape index (κ3) is 5.94. The molecule has 0 aliphatic carbocycles. The highest BCUT2D eigenvalue weighted by Gasteiger charge is 2.41. The van der Waals surface area contributed by atoms with E-state index in [2.05, 4.69) is 0 Å². The first-order chi connectivity index (χ1) is 53.5. The minimum atomic E-state index is -6.77. The highest BCUT2D eigenvalue weighted by molar-refractivity contribution is 7.19. The van der Waals surface area contributed by atoms with Gasteiger partial charge in [0, 0.05) is 43.6 Å². The fourth-order valence-electron chi connectivity index (χ4n) is 8.81. The lowest BCUT2D eigenvalue weighted by molar-refractivity contribution is 1.17. The Bertz CT molecular complexity index is 6700. The summed E-state index contributed by atoms with van der Waals surface area (Å²) < 4.78 is 427. The second-order valence-electron chi connectivity index (χ2n) is 15.0. The van der Waals surface area contributed by atoms with Gasteiger partial charge in [-0.15, -0.1) is 0 Å². The first-order valence-corrected chi connectivity index (χ1v) is 22.5. The van der Waals surface area contributed by atoms with Crippen molar-refractivity contribution in [3.8, 4) is 28.2 Å². The van der Waals surface area contributed by atoms with Gasteiger partial charge in [-0.05, 0) is 92.8 Å². The van der Waals surface area contributed by atoms with Gasteiger partial charge in [0.25, 0.3) is 0 Å². The zero-order valence-corrected chi connectivity index (χ0v) is 35.8. The van der Waals surface area contributed by atoms with Crippen molar-refractivity contribution in [3.05, 3.63) is 272 Å². The van der Waals surface area contributed by atoms with Crippen LogP contribution in [0.15, 0.2) is 272 Å². The average molecular weight is 953 g/mol. The Morgan fingerprint density at radius 3 is 1.29 bits per heavy atom. The van der Waals surface area contributed by atoms with Gasteiger partial charge >= 0.3 is 0 Å². The van der Waals surface area contributed by atoms with E-state index < -0.39 is 394 Å². The van der Waals surface area contributed by atoms with Crippen molar-refractivity contribution in [1.29, 1.82) is 0 Å². The first-order valence-electron chi connectivity index (χ1n) is 43.0. The van der Waals surface area contributed by atoms with Crippen molar-refractivity contribution >= 4 is 94.2 Å². The van der Waals surface area contributed by atoms with Gasteiger partial charge in [0.1, 0.15) is 0 Å². The van der Waals surface area contributed by atoms with Gasteiger partial charge in [0.05, 0.1) is 106 Å². The van der Waals surface area contributed by atoms with E-state index in [1.165, 1.54) is 0 Å². The lowest BCUT2D eigenvalue weighted by atomic mass is 10.0. The summed E-state index contributed by atoms with van der Waals surface area (Å²) in [7, 11) is -6.77. The Labute approximate surface area is 470 Å². The highest BCUT2D eigenvalue weighted by atomic mass is 28.3. The van der Waals surface area contributed by atoms with Crippen LogP contribution in [0, 0.1) is 0 Å². The predicted molar refractivity (Wildman–Crippen MR) is 299 cm³/mol. The van der Waals surface area contributed by atoms with Gasteiger partial charge < -0.3 is 13.7 Å². The molecule has 0 saturated heterocycles. The van der Waals surface area contributed by atoms with Gasteiger partial charge in [0.2, 0.25) is 0 Å². The minimum Gasteiger partial charge on any atom is -0.309 e. The summed E-state index contributed by atoms with van der Waals surface area (Å²) in [6.07, 6.45) is 0. The molecule has 0 amide bonds. The first kappa shape index (κ1) is 15.5. The molecule has 0 fully saturated rings. The zero-order chi connectivity index (χ0) is 85.3. The van der Waals surface area contributed by atoms with Crippen LogP contribution in [-0.2, 0) is 0 Å². The molecule has 3 nitrogen and oxygen atoms in total. The number of fused-ring (bicyclic) bond motifs is 9. The number of nitrogens with zero attached hydrogens (tertiary/aromatic N) is 3. The highest BCUT2D eigenvalue weighted by Crippen LogP contribution is 2.42. The Kier molecular flexibility index (Phi) is 3.57. The van der Waals surface area contributed by atoms with Gasteiger partial charge in [-0.25, -0.2) is 0 Å². The quantitative estimate of drug-likeness (QED) is 0.106. The topological polar surface area (TPSA) is 14.8 Å². The van der Waals surface area contributed by atoms with Crippen LogP contribution in [0.4, 0.5) is 0 Å². The summed E-state index contributed by atoms with van der Waals surface area (Å²) >= 11 is 0. The lowest BCUT2D eigenvalue weighted by Gasteiger charge is -2.34. The SMILES string of the molecule is [2H]c1c([2H])c([2H])c([Si](c2c([2H])c([2H])c([2H])c([2H])c2[2H])(c2c([2H])c([2H])c([2H])c([2H])c2[2H])c2c([2H])c([2H])c([2H])c(-n3c4c([2H])c([2H])c([2H])c([2H])c4c4c(-n5c6c([2H])c([2H])c([2H])c([2H])c6c6c([2H])c(-c7c([2H])c([2H])c([2H])c([2H])c7-n7c8c([2H])c([2H])c([2H])c([2H])c8c8c([2H])c([2H])c([2H])c([2H])c87)c([2H])c([2H])c65)c([2H])c([2H])c([2H])c43)c2[2H])c([2H])c1[2H]. The van der Waals surface area contributed by atoms with Crippen LogP contribution in [0.25, 0.3) is 93.6 Å². The summed E-state index contributed by atoms with van der Waals surface area (Å²) in [5, 5.41) is -10.5. The van der Waals surface area contributed by atoms with Crippen LogP contribution in [0.5, 0.6) is 0 Å². The van der Waals surface area contributed by atoms with E-state index in [0.29, 0.717) is 13.7 Å². The predicted octanol–water partition coefficient (Wildman–Crippen LogP) is 14.0. The van der Waals surface area contributed by atoms with Crippen LogP contribution in [0.2, 0.25) is 0 Å². The third-order valence-corrected chi connectivity index (χ3v) is 15.6. The summed E-state index contributed by atoms with van der Waals surface area (Å²) in [6, 6.07) is -56.4. The molecule has 0 atom stereocenters. The molecule has 3 heterocycles. The zero-order valence-electron chi connectivity index (χ0n) is 79.8. The minimum absolute atomic E-state index is 0.400. The van der Waals surface area contributed by atoms with Gasteiger partial charge in [-0.1, -0.05) is 205 Å². The Morgan fingerprint density at radius 1 is 0.271 bits per heavy atom. The molecule has 0 N–H and O–H groups in total. The second-order valence-corrected chi connectivity index (χ2v) is 18.5. The molecule has 0 aliphatic rings. The summed E-state index contributed by atoms with van der Waals surface area (Å²) in [5.41, 5.74) is -11.4. The van der Waals surface area contributed by atoms with Gasteiger partial charge in [-0.2, -0.15) is 0 Å². The summed E-state index contributed by atoms with van der Waals surface area (Å²) in [5.74, 6) is 0. The van der Waals surface area contributed by atoms with E-state index in [-0.39, 0.29) is 0 Å². The molecular weight excluding hydrogens is 863 g/mol. The van der Waals surface area contributed by atoms with Gasteiger partial charge in [-0.3, -0.25) is 0 Å². The number of hydrogen-bond donors (Lipinski definition) is 0. The molecule has 0 spiro atoms. The van der Waals surface area contributed by atoms with Gasteiger partial charge in [0.15, 0.2) is 8.07 Å². The smallest absolute Gasteiger partial charge is 0.179 e. The van der Waals surface area contributed by atoms with E-state index in [0.717, 1.165) is 0 Å². The molecule has 0 saturated carbocycles. The third-order valence-electron chi connectivity index (χ3n) is 11.6. The molecule has 11 aromatic carbocycles. The van der Waals surface area contributed by atoms with Crippen molar-refractivity contribution < 1.29 is 61.7 Å². The van der Waals surface area contributed by atoms with Crippen LogP contribution < -0.4 is 20.7 Å². The van der Waals surface area contributed by atoms with Crippen LogP contribution >= 0.6 is 0 Å². The maximum Gasteiger partial charge on any atom is 0.179 e. The Balaban J connectivity index is 1.24. The molecule has 4 heteroatoms. The number of para-hydroxylation sites is 5. The molecule has 14 aromatic rings. The fraction of sp³-hybridized carbons (Fsp3) is 0. The lowest BCUT2D eigenvalue weighted by Crippen LogP contribution is -2.74. The number of aromatic nitrogens is 3. The van der Waals surface area contributed by atoms with E-state index in [9.17, 15) is 37.0 Å². The molecule has 70 heavy (non-hydrogen) atoms. The molecule has 0 bridgehead atoms. The Morgan fingerprint density at radius 2 is 0.686 bits per heavy atom. The standard InChI is InChI=1S/C66H45N3Si/c1-4-23-48(24-5-1)70(49-25-6-2-7-26-49,50-27-8-3-9-28-50)51-29-20-22-47(45-51)67-62-39-19-14-34-56(62)66-64(67)40-21-41-65(66)69-61-38-18-13-33-55(61)57-44-46(42-43-63(57)69)52-30-10-15-35-58(52)68-59-36-16-11-31-53(59)54-32-12-17-37-60(54)68/h1-45H/i1D,2D,3D,4D,5D,6D,7D,8D,9D,10D,11D,12D,13D,14D,15D,16D,17D,18D,19D,20D,21D,22D,23D,24D,25D,26D,27D,28D,29D,30D,31D,32D,33D,34D,35D,36D,37D,38D,39D,40D,41D,42D,43D,44D,45D. The number of hydrogen-bond acceptors (Lipinski definition) is 0. The van der Waals surface area contributed by atoms with Crippen molar-refractivity contribution in [2.45, 2.75) is 0 Å². The summed E-state index contributed by atoms with van der Waals surface area (Å²) in [6.45, 7) is 0. The largest absolute Gasteiger partial charge is 0.309 e. The maximum absolute atomic E-state index is 10.8. The van der Waals surface area contributed by atoms with E-state index in [1.54, 1.807) is 0 Å². The van der Waals surface area contributed by atoms with Crippen LogP contribution in [-0.4, -0.2) is 21.8 Å². The molecule has 0 radical (unpaired) electrons. The molecule has 3 aromatic heterocycles. The monoisotopic (exact) mass is 953 g/mol. The maximum atomic E-state index is 10.8. The second kappa shape index (κ2) is 16.1. The van der Waals surface area contributed by atoms with Crippen LogP contribution in [0.1, 0.15) is 61.7 Å². The number of rotatable bonds is 8. The van der Waals surface area contributed by atoms with Crippen molar-refractivity contribution in [3.63, 3.8) is 0 Å². The van der Waals surface area contributed by atoms with Crippen LogP contribution in [0.3, 0.4) is 0 Å².